The average Bonchev–Trinajstić information content (AvgIpc) is 3.09. The molecule has 298 valence electrons. The molecule has 1 saturated heterocycles. The lowest BCUT2D eigenvalue weighted by Crippen LogP contribution is -2.43. The minimum atomic E-state index is -1.05. The predicted molar refractivity (Wildman–Crippen MR) is 204 cm³/mol. The largest absolute Gasteiger partial charge is 0.463 e. The molecule has 0 aromatic rings. The van der Waals surface area contributed by atoms with E-state index in [-0.39, 0.29) is 37.9 Å². The Balaban J connectivity index is 2.05. The SMILES string of the molecule is CCCCC[C@H](O)/C=C/[C@H]1OC(O)C[C@H](O)[C@@H]1C/C=C\CCCC(=O)OC[C@H](O)COC(=O)CCCCCCCCCCCCCCCC(C)C. The van der Waals surface area contributed by atoms with Gasteiger partial charge in [0.1, 0.15) is 19.3 Å². The Bertz CT molecular complexity index is 905. The van der Waals surface area contributed by atoms with E-state index in [1.165, 1.54) is 70.6 Å². The predicted octanol–water partition coefficient (Wildman–Crippen LogP) is 8.64. The number of hydrogen-bond acceptors (Lipinski definition) is 9. The molecule has 0 spiro atoms. The Labute approximate surface area is 310 Å². The maximum atomic E-state index is 12.1. The van der Waals surface area contributed by atoms with E-state index < -0.39 is 36.7 Å². The van der Waals surface area contributed by atoms with Crippen LogP contribution in [0.1, 0.15) is 175 Å². The fourth-order valence-electron chi connectivity index (χ4n) is 6.43. The van der Waals surface area contributed by atoms with Crippen LogP contribution in [-0.4, -0.2) is 76.3 Å². The molecule has 9 heteroatoms. The van der Waals surface area contributed by atoms with Crippen LogP contribution in [0.3, 0.4) is 0 Å². The quantitative estimate of drug-likeness (QED) is 0.0305. The van der Waals surface area contributed by atoms with Crippen LogP contribution in [0, 0.1) is 11.8 Å². The van der Waals surface area contributed by atoms with Gasteiger partial charge in [0.2, 0.25) is 0 Å². The molecule has 0 amide bonds. The van der Waals surface area contributed by atoms with E-state index >= 15 is 0 Å². The van der Waals surface area contributed by atoms with Crippen molar-refractivity contribution in [2.24, 2.45) is 11.8 Å². The number of esters is 2. The second kappa shape index (κ2) is 31.7. The van der Waals surface area contributed by atoms with Gasteiger partial charge in [-0.2, -0.15) is 0 Å². The van der Waals surface area contributed by atoms with E-state index in [2.05, 4.69) is 20.8 Å². The first kappa shape index (κ1) is 47.2. The van der Waals surface area contributed by atoms with E-state index in [1.54, 1.807) is 12.2 Å². The van der Waals surface area contributed by atoms with Gasteiger partial charge >= 0.3 is 11.9 Å². The third-order valence-corrected chi connectivity index (χ3v) is 9.66. The van der Waals surface area contributed by atoms with Crippen molar-refractivity contribution in [3.05, 3.63) is 24.3 Å². The minimum absolute atomic E-state index is 0.137. The Kier molecular flexibility index (Phi) is 29.4. The highest BCUT2D eigenvalue weighted by molar-refractivity contribution is 5.69. The first-order chi connectivity index (χ1) is 24.6. The van der Waals surface area contributed by atoms with Crippen molar-refractivity contribution in [3.8, 4) is 0 Å². The third-order valence-electron chi connectivity index (χ3n) is 9.66. The van der Waals surface area contributed by atoms with E-state index in [1.807, 2.05) is 12.2 Å². The van der Waals surface area contributed by atoms with Crippen LogP contribution in [0.25, 0.3) is 0 Å². The maximum Gasteiger partial charge on any atom is 0.305 e. The molecule has 0 radical (unpaired) electrons. The number of aliphatic hydroxyl groups excluding tert-OH is 4. The molecule has 0 aromatic heterocycles. The molecule has 0 saturated carbocycles. The standard InChI is InChI=1S/C42H76O9/c1-4-5-19-25-35(43)29-30-39-37(38(45)31-42(48)51-39)26-21-17-18-23-28-41(47)50-33-36(44)32-49-40(46)27-22-16-14-12-10-8-6-7-9-11-13-15-20-24-34(2)3/h17,21,29-30,34-39,42-45,48H,4-16,18-20,22-28,31-33H2,1-3H3/b21-17-,30-29+/t35-,36+,37-,38-,39+,42?/m0/s1. The fourth-order valence-corrected chi connectivity index (χ4v) is 6.43. The summed E-state index contributed by atoms with van der Waals surface area (Å²) in [4.78, 5) is 24.1. The lowest BCUT2D eigenvalue weighted by Gasteiger charge is -2.36. The summed E-state index contributed by atoms with van der Waals surface area (Å²) in [5.41, 5.74) is 0. The minimum Gasteiger partial charge on any atom is -0.463 e. The molecule has 1 aliphatic heterocycles. The highest BCUT2D eigenvalue weighted by Gasteiger charge is 2.35. The molecule has 0 bridgehead atoms. The van der Waals surface area contributed by atoms with Crippen molar-refractivity contribution in [2.75, 3.05) is 13.2 Å². The highest BCUT2D eigenvalue weighted by atomic mass is 16.6. The summed E-state index contributed by atoms with van der Waals surface area (Å²) < 4.78 is 15.9. The molecule has 0 aliphatic carbocycles. The monoisotopic (exact) mass is 725 g/mol. The van der Waals surface area contributed by atoms with Crippen molar-refractivity contribution in [1.82, 2.24) is 0 Å². The van der Waals surface area contributed by atoms with Gasteiger partial charge < -0.3 is 34.6 Å². The van der Waals surface area contributed by atoms with Crippen LogP contribution in [0.5, 0.6) is 0 Å². The molecule has 1 heterocycles. The summed E-state index contributed by atoms with van der Waals surface area (Å²) in [6, 6.07) is 0. The van der Waals surface area contributed by atoms with Crippen molar-refractivity contribution in [1.29, 1.82) is 0 Å². The number of ether oxygens (including phenoxy) is 3. The number of allylic oxidation sites excluding steroid dienone is 2. The van der Waals surface area contributed by atoms with Gasteiger partial charge in [0, 0.05) is 25.2 Å². The highest BCUT2D eigenvalue weighted by Crippen LogP contribution is 2.29. The number of carbonyl (C=O) groups excluding carboxylic acids is 2. The van der Waals surface area contributed by atoms with Crippen LogP contribution in [-0.2, 0) is 23.8 Å². The zero-order valence-electron chi connectivity index (χ0n) is 32.6. The normalized spacial score (nSPS) is 20.7. The van der Waals surface area contributed by atoms with Gasteiger partial charge in [-0.25, -0.2) is 0 Å². The van der Waals surface area contributed by atoms with Gasteiger partial charge in [0.25, 0.3) is 0 Å². The van der Waals surface area contributed by atoms with Crippen molar-refractivity contribution < 1.29 is 44.2 Å². The summed E-state index contributed by atoms with van der Waals surface area (Å²) in [7, 11) is 0. The lowest BCUT2D eigenvalue weighted by atomic mass is 9.87. The maximum absolute atomic E-state index is 12.1. The summed E-state index contributed by atoms with van der Waals surface area (Å²) in [6.07, 6.45) is 27.2. The van der Waals surface area contributed by atoms with Crippen molar-refractivity contribution in [3.63, 3.8) is 0 Å². The van der Waals surface area contributed by atoms with Crippen LogP contribution in [0.15, 0.2) is 24.3 Å². The number of unbranched alkanes of at least 4 members (excludes halogenated alkanes) is 15. The lowest BCUT2D eigenvalue weighted by molar-refractivity contribution is -0.199. The molecule has 1 fully saturated rings. The molecule has 1 rings (SSSR count). The molecule has 0 aromatic carbocycles. The average molecular weight is 725 g/mol. The van der Waals surface area contributed by atoms with Gasteiger partial charge in [0.15, 0.2) is 6.29 Å². The van der Waals surface area contributed by atoms with Crippen LogP contribution < -0.4 is 0 Å². The summed E-state index contributed by atoms with van der Waals surface area (Å²) >= 11 is 0. The number of rotatable bonds is 32. The molecular formula is C42H76O9. The molecule has 9 nitrogen and oxygen atoms in total. The number of aliphatic hydroxyl groups is 4. The van der Waals surface area contributed by atoms with Crippen LogP contribution in [0.2, 0.25) is 0 Å². The molecule has 1 unspecified atom stereocenters. The van der Waals surface area contributed by atoms with E-state index in [0.717, 1.165) is 44.4 Å². The number of carbonyl (C=O) groups is 2. The first-order valence-electron chi connectivity index (χ1n) is 20.6. The smallest absolute Gasteiger partial charge is 0.305 e. The third kappa shape index (κ3) is 27.5. The fraction of sp³-hybridized carbons (Fsp3) is 0.857. The molecular weight excluding hydrogens is 648 g/mol. The summed E-state index contributed by atoms with van der Waals surface area (Å²) in [6.45, 7) is 6.31. The zero-order chi connectivity index (χ0) is 37.5. The second-order valence-electron chi connectivity index (χ2n) is 15.1. The van der Waals surface area contributed by atoms with Gasteiger partial charge in [-0.05, 0) is 38.0 Å². The van der Waals surface area contributed by atoms with Gasteiger partial charge in [-0.3, -0.25) is 9.59 Å². The Morgan fingerprint density at radius 2 is 1.25 bits per heavy atom. The first-order valence-corrected chi connectivity index (χ1v) is 20.6. The summed E-state index contributed by atoms with van der Waals surface area (Å²) in [5.74, 6) is -0.174. The van der Waals surface area contributed by atoms with Crippen molar-refractivity contribution >= 4 is 11.9 Å². The van der Waals surface area contributed by atoms with Gasteiger partial charge in [-0.1, -0.05) is 148 Å². The molecule has 51 heavy (non-hydrogen) atoms. The molecule has 1 aliphatic rings. The summed E-state index contributed by atoms with van der Waals surface area (Å²) in [5, 5.41) is 40.8. The van der Waals surface area contributed by atoms with Crippen LogP contribution in [0.4, 0.5) is 0 Å². The Morgan fingerprint density at radius 1 is 0.725 bits per heavy atom. The van der Waals surface area contributed by atoms with E-state index in [4.69, 9.17) is 14.2 Å². The Hall–Kier alpha value is -1.78. The number of hydrogen-bond donors (Lipinski definition) is 4. The topological polar surface area (TPSA) is 143 Å². The van der Waals surface area contributed by atoms with Gasteiger partial charge in [-0.15, -0.1) is 0 Å². The Morgan fingerprint density at radius 3 is 1.82 bits per heavy atom. The zero-order valence-corrected chi connectivity index (χ0v) is 32.6. The molecule has 4 N–H and O–H groups in total. The van der Waals surface area contributed by atoms with Crippen LogP contribution >= 0.6 is 0 Å². The van der Waals surface area contributed by atoms with E-state index in [9.17, 15) is 30.0 Å². The van der Waals surface area contributed by atoms with Crippen molar-refractivity contribution in [2.45, 2.75) is 206 Å². The van der Waals surface area contributed by atoms with Gasteiger partial charge in [0.05, 0.1) is 18.3 Å². The second-order valence-corrected chi connectivity index (χ2v) is 15.1. The molecule has 6 atom stereocenters. The van der Waals surface area contributed by atoms with E-state index in [0.29, 0.717) is 32.1 Å².